The second kappa shape index (κ2) is 9.68. The maximum Gasteiger partial charge on any atom is 0.307 e. The van der Waals surface area contributed by atoms with Crippen LogP contribution in [0, 0.1) is 11.8 Å². The Hall–Kier alpha value is -3.41. The first-order valence-corrected chi connectivity index (χ1v) is 9.66. The van der Waals surface area contributed by atoms with Crippen molar-refractivity contribution in [2.24, 2.45) is 11.8 Å². The van der Waals surface area contributed by atoms with Crippen LogP contribution in [0.5, 0.6) is 0 Å². The number of carbonyl (C=O) groups excluding carboxylic acids is 2. The molecule has 0 bridgehead atoms. The summed E-state index contributed by atoms with van der Waals surface area (Å²) in [6.45, 7) is 0.472. The minimum Gasteiger partial charge on any atom is -0.481 e. The van der Waals surface area contributed by atoms with E-state index >= 15 is 0 Å². The highest BCUT2D eigenvalue weighted by Gasteiger charge is 2.34. The molecule has 0 aliphatic heterocycles. The summed E-state index contributed by atoms with van der Waals surface area (Å²) in [6, 6.07) is 16.6. The Morgan fingerprint density at radius 1 is 0.897 bits per heavy atom. The van der Waals surface area contributed by atoms with Gasteiger partial charge >= 0.3 is 5.97 Å². The lowest BCUT2D eigenvalue weighted by Crippen LogP contribution is -2.35. The summed E-state index contributed by atoms with van der Waals surface area (Å²) in [5.74, 6) is -3.07. The third-order valence-electron chi connectivity index (χ3n) is 5.06. The van der Waals surface area contributed by atoms with Gasteiger partial charge in [0.1, 0.15) is 0 Å². The van der Waals surface area contributed by atoms with Crippen molar-refractivity contribution in [2.45, 2.75) is 19.3 Å². The number of aliphatic carboxylic acids is 1. The van der Waals surface area contributed by atoms with Crippen LogP contribution < -0.4 is 10.6 Å². The number of hydrogen-bond acceptors (Lipinski definition) is 3. The smallest absolute Gasteiger partial charge is 0.307 e. The minimum absolute atomic E-state index is 0.282. The maximum atomic E-state index is 12.7. The van der Waals surface area contributed by atoms with Gasteiger partial charge in [0.15, 0.2) is 0 Å². The molecule has 2 amide bonds. The van der Waals surface area contributed by atoms with Crippen LogP contribution in [-0.4, -0.2) is 29.4 Å². The van der Waals surface area contributed by atoms with Crippen molar-refractivity contribution in [3.8, 4) is 0 Å². The van der Waals surface area contributed by atoms with Crippen LogP contribution in [0.1, 0.15) is 28.8 Å². The molecule has 0 saturated carbocycles. The quantitative estimate of drug-likeness (QED) is 0.630. The third kappa shape index (κ3) is 5.31. The van der Waals surface area contributed by atoms with Gasteiger partial charge in [0.25, 0.3) is 5.91 Å². The number of nitrogens with one attached hydrogen (secondary N) is 2. The molecular formula is C23H24N2O4. The zero-order valence-corrected chi connectivity index (χ0v) is 16.0. The molecule has 0 unspecified atom stereocenters. The van der Waals surface area contributed by atoms with E-state index in [9.17, 15) is 19.5 Å². The Morgan fingerprint density at radius 3 is 2.28 bits per heavy atom. The van der Waals surface area contributed by atoms with Gasteiger partial charge in [0, 0.05) is 6.54 Å². The standard InChI is InChI=1S/C23H24N2O4/c26-21(24-15-14-16-8-2-1-3-9-16)19-12-6-7-13-20(19)25-22(27)17-10-4-5-11-18(17)23(28)29/h1-9,12-13,17-18H,10-11,14-15H2,(H,24,26)(H,25,27)(H,28,29)/t17-,18+/m1/s1. The number of allylic oxidation sites excluding steroid dienone is 2. The van der Waals surface area contributed by atoms with E-state index in [0.717, 1.165) is 5.56 Å². The Balaban J connectivity index is 1.65. The first kappa shape index (κ1) is 20.3. The van der Waals surface area contributed by atoms with Crippen molar-refractivity contribution >= 4 is 23.5 Å². The average molecular weight is 392 g/mol. The lowest BCUT2D eigenvalue weighted by atomic mass is 9.82. The molecule has 0 saturated heterocycles. The summed E-state index contributed by atoms with van der Waals surface area (Å²) in [6.07, 6.45) is 5.02. The van der Waals surface area contributed by atoms with Gasteiger partial charge in [0.2, 0.25) is 5.91 Å². The largest absolute Gasteiger partial charge is 0.481 e. The van der Waals surface area contributed by atoms with E-state index in [2.05, 4.69) is 10.6 Å². The molecule has 1 aliphatic rings. The molecule has 2 atom stereocenters. The van der Waals surface area contributed by atoms with Gasteiger partial charge in [-0.1, -0.05) is 54.6 Å². The van der Waals surface area contributed by atoms with Gasteiger partial charge in [-0.3, -0.25) is 14.4 Å². The Kier molecular flexibility index (Phi) is 6.79. The highest BCUT2D eigenvalue weighted by Crippen LogP contribution is 2.28. The number of amides is 2. The summed E-state index contributed by atoms with van der Waals surface area (Å²) in [4.78, 5) is 36.8. The molecule has 2 aromatic carbocycles. The van der Waals surface area contributed by atoms with Crippen molar-refractivity contribution in [1.82, 2.24) is 5.32 Å². The lowest BCUT2D eigenvalue weighted by Gasteiger charge is -2.24. The Morgan fingerprint density at radius 2 is 1.55 bits per heavy atom. The summed E-state index contributed by atoms with van der Waals surface area (Å²) < 4.78 is 0. The fourth-order valence-electron chi connectivity index (χ4n) is 3.45. The van der Waals surface area contributed by atoms with E-state index < -0.39 is 17.8 Å². The molecule has 6 heteroatoms. The molecular weight excluding hydrogens is 368 g/mol. The SMILES string of the molecule is O=C(NCCc1ccccc1)c1ccccc1NC(=O)[C@@H]1CC=CC[C@@H]1C(=O)O. The second-order valence-electron chi connectivity index (χ2n) is 7.02. The number of carboxylic acid groups (broad SMARTS) is 1. The number of anilines is 1. The number of hydrogen-bond donors (Lipinski definition) is 3. The van der Waals surface area contributed by atoms with Gasteiger partial charge in [0.05, 0.1) is 23.1 Å². The van der Waals surface area contributed by atoms with E-state index in [-0.39, 0.29) is 11.8 Å². The molecule has 150 valence electrons. The zero-order chi connectivity index (χ0) is 20.6. The first-order valence-electron chi connectivity index (χ1n) is 9.66. The van der Waals surface area contributed by atoms with Gasteiger partial charge in [-0.25, -0.2) is 0 Å². The van der Waals surface area contributed by atoms with E-state index in [4.69, 9.17) is 0 Å². The predicted molar refractivity (Wildman–Crippen MR) is 111 cm³/mol. The molecule has 0 aromatic heterocycles. The van der Waals surface area contributed by atoms with Crippen LogP contribution in [0.15, 0.2) is 66.7 Å². The van der Waals surface area contributed by atoms with Crippen molar-refractivity contribution in [1.29, 1.82) is 0 Å². The third-order valence-corrected chi connectivity index (χ3v) is 5.06. The number of carboxylic acids is 1. The number of rotatable bonds is 7. The van der Waals surface area contributed by atoms with Gasteiger partial charge in [-0.05, 0) is 37.0 Å². The predicted octanol–water partition coefficient (Wildman–Crippen LogP) is 3.26. The topological polar surface area (TPSA) is 95.5 Å². The lowest BCUT2D eigenvalue weighted by molar-refractivity contribution is -0.146. The molecule has 3 N–H and O–H groups in total. The van der Waals surface area contributed by atoms with Crippen molar-refractivity contribution < 1.29 is 19.5 Å². The Bertz CT molecular complexity index is 908. The molecule has 3 rings (SSSR count). The zero-order valence-electron chi connectivity index (χ0n) is 16.0. The van der Waals surface area contributed by atoms with Crippen LogP contribution in [0.4, 0.5) is 5.69 Å². The van der Waals surface area contributed by atoms with Crippen molar-refractivity contribution in [3.63, 3.8) is 0 Å². The van der Waals surface area contributed by atoms with Crippen LogP contribution in [-0.2, 0) is 16.0 Å². The highest BCUT2D eigenvalue weighted by atomic mass is 16.4. The van der Waals surface area contributed by atoms with E-state index in [0.29, 0.717) is 37.1 Å². The van der Waals surface area contributed by atoms with Crippen molar-refractivity contribution in [2.75, 3.05) is 11.9 Å². The van der Waals surface area contributed by atoms with Crippen molar-refractivity contribution in [3.05, 3.63) is 77.9 Å². The molecule has 29 heavy (non-hydrogen) atoms. The molecule has 0 heterocycles. The van der Waals surface area contributed by atoms with Gasteiger partial charge in [-0.2, -0.15) is 0 Å². The maximum absolute atomic E-state index is 12.7. The summed E-state index contributed by atoms with van der Waals surface area (Å²) >= 11 is 0. The van der Waals surface area contributed by atoms with E-state index in [1.807, 2.05) is 36.4 Å². The number of para-hydroxylation sites is 1. The second-order valence-corrected chi connectivity index (χ2v) is 7.02. The van der Waals surface area contributed by atoms with Gasteiger partial charge < -0.3 is 15.7 Å². The summed E-state index contributed by atoms with van der Waals surface area (Å²) in [5, 5.41) is 15.0. The van der Waals surface area contributed by atoms with Crippen LogP contribution in [0.25, 0.3) is 0 Å². The number of benzene rings is 2. The van der Waals surface area contributed by atoms with Crippen LogP contribution in [0.3, 0.4) is 0 Å². The number of carbonyl (C=O) groups is 3. The minimum atomic E-state index is -0.985. The molecule has 0 spiro atoms. The fraction of sp³-hybridized carbons (Fsp3) is 0.261. The van der Waals surface area contributed by atoms with Crippen LogP contribution >= 0.6 is 0 Å². The Labute approximate surface area is 169 Å². The monoisotopic (exact) mass is 392 g/mol. The van der Waals surface area contributed by atoms with Crippen LogP contribution in [0.2, 0.25) is 0 Å². The fourth-order valence-corrected chi connectivity index (χ4v) is 3.45. The molecule has 2 aromatic rings. The first-order chi connectivity index (χ1) is 14.1. The molecule has 0 radical (unpaired) electrons. The highest BCUT2D eigenvalue weighted by molar-refractivity contribution is 6.04. The normalized spacial score (nSPS) is 18.1. The molecule has 6 nitrogen and oxygen atoms in total. The van der Waals surface area contributed by atoms with E-state index in [1.54, 1.807) is 30.3 Å². The summed E-state index contributed by atoms with van der Waals surface area (Å²) in [7, 11) is 0. The molecule has 1 aliphatic carbocycles. The molecule has 0 fully saturated rings. The summed E-state index contributed by atoms with van der Waals surface area (Å²) in [5.41, 5.74) is 1.86. The van der Waals surface area contributed by atoms with E-state index in [1.165, 1.54) is 0 Å². The average Bonchev–Trinajstić information content (AvgIpc) is 2.74. The van der Waals surface area contributed by atoms with Gasteiger partial charge in [-0.15, -0.1) is 0 Å².